The predicted octanol–water partition coefficient (Wildman–Crippen LogP) is 0.720. The summed E-state index contributed by atoms with van der Waals surface area (Å²) < 4.78 is 6.51. The van der Waals surface area contributed by atoms with Crippen molar-refractivity contribution >= 4 is 0 Å². The van der Waals surface area contributed by atoms with E-state index < -0.39 is 5.54 Å². The minimum absolute atomic E-state index is 0.188. The molecule has 0 fully saturated rings. The lowest BCUT2D eigenvalue weighted by molar-refractivity contribution is 0.0171. The van der Waals surface area contributed by atoms with Gasteiger partial charge in [0.15, 0.2) is 1.41 Å². The average Bonchev–Trinajstić information content (AvgIpc) is 1.31. The van der Waals surface area contributed by atoms with Crippen molar-refractivity contribution in [1.29, 1.82) is 0 Å². The number of rotatable bonds is 0. The van der Waals surface area contributed by atoms with Crippen LogP contribution in [0.25, 0.3) is 0 Å². The molecule has 0 aliphatic rings. The molecule has 0 aromatic heterocycles. The van der Waals surface area contributed by atoms with Gasteiger partial charge in [-0.25, -0.2) is 0 Å². The molecule has 0 saturated carbocycles. The summed E-state index contributed by atoms with van der Waals surface area (Å²) in [5, 5.41) is 10.0. The number of hydrogen-bond acceptors (Lipinski definition) is 1. The summed E-state index contributed by atoms with van der Waals surface area (Å²) in [6, 6.07) is 0. The molecule has 0 spiro atoms. The van der Waals surface area contributed by atoms with Gasteiger partial charge >= 0.3 is 0 Å². The third kappa shape index (κ3) is 3.92. The van der Waals surface area contributed by atoms with Crippen LogP contribution in [0.1, 0.15) is 20.8 Å². The van der Waals surface area contributed by atoms with Gasteiger partial charge in [0, 0.05) is 5.54 Å². The Morgan fingerprint density at radius 2 is 1.83 bits per heavy atom. The molecule has 0 saturated heterocycles. The Morgan fingerprint density at radius 1 is 1.67 bits per heavy atom. The van der Waals surface area contributed by atoms with Crippen LogP contribution in [-0.2, 0) is 5.21 Å². The Labute approximate surface area is 39.6 Å². The maximum absolute atomic E-state index is 10.0. The van der Waals surface area contributed by atoms with Gasteiger partial charge in [0.05, 0.1) is 0 Å². The van der Waals surface area contributed by atoms with Crippen molar-refractivity contribution in [3.8, 4) is 0 Å². The third-order valence-corrected chi connectivity index (χ3v) is 0.274. The molecule has 1 N–H and O–H groups in total. The molecule has 0 aromatic rings. The van der Waals surface area contributed by atoms with Crippen molar-refractivity contribution in [2.45, 2.75) is 26.3 Å². The van der Waals surface area contributed by atoms with E-state index in [2.05, 4.69) is 0 Å². The summed E-state index contributed by atoms with van der Waals surface area (Å²) in [6.07, 6.45) is 0. The first-order valence-corrected chi connectivity index (χ1v) is 1.91. The first kappa shape index (κ1) is 4.09. The van der Waals surface area contributed by atoms with E-state index >= 15 is 0 Å². The van der Waals surface area contributed by atoms with Gasteiger partial charge < -0.3 is 0 Å². The molecule has 1 radical (unpaired) electrons. The minimum atomic E-state index is -0.556. The highest BCUT2D eigenvalue weighted by molar-refractivity contribution is 4.61. The van der Waals surface area contributed by atoms with Gasteiger partial charge in [0.1, 0.15) is 0 Å². The molecule has 0 bridgehead atoms. The van der Waals surface area contributed by atoms with Crippen LogP contribution >= 0.6 is 0 Å². The lowest BCUT2D eigenvalue weighted by Crippen LogP contribution is -2.31. The van der Waals surface area contributed by atoms with Crippen LogP contribution in [0, 0.1) is 0 Å². The smallest absolute Gasteiger partial charge is 0.159 e. The quantitative estimate of drug-likeness (QED) is 0.437. The second-order valence-corrected chi connectivity index (χ2v) is 2.26. The van der Waals surface area contributed by atoms with Gasteiger partial charge in [0.25, 0.3) is 0 Å². The van der Waals surface area contributed by atoms with Crippen LogP contribution in [0.4, 0.5) is 0 Å². The standard InChI is InChI=1S/C4H10NO/c1-4(2,3)5-6/h5H,1-3H3/i5T. The zero-order valence-electron chi connectivity index (χ0n) is 5.36. The fourth-order valence-electron chi connectivity index (χ4n) is 0. The van der Waals surface area contributed by atoms with Gasteiger partial charge in [-0.05, 0) is 20.8 Å². The van der Waals surface area contributed by atoms with Crippen molar-refractivity contribution in [2.24, 2.45) is 0 Å². The van der Waals surface area contributed by atoms with Gasteiger partial charge in [-0.3, -0.25) is 0 Å². The fourth-order valence-corrected chi connectivity index (χ4v) is 0. The maximum Gasteiger partial charge on any atom is 0.159 e. The normalized spacial score (nSPS) is 15.2. The number of nitrogens with one attached hydrogen (secondary N) is 1. The molecule has 0 heterocycles. The van der Waals surface area contributed by atoms with E-state index in [1.807, 2.05) is 0 Å². The largest absolute Gasteiger partial charge is 0.163 e. The second kappa shape index (κ2) is 1.58. The van der Waals surface area contributed by atoms with Crippen molar-refractivity contribution in [3.63, 3.8) is 0 Å². The molecule has 0 rings (SSSR count). The Kier molecular flexibility index (Phi) is 1.08. The van der Waals surface area contributed by atoms with Crippen LogP contribution < -0.4 is 5.47 Å². The van der Waals surface area contributed by atoms with Gasteiger partial charge in [-0.15, -0.1) is 5.21 Å². The van der Waals surface area contributed by atoms with E-state index in [1.54, 1.807) is 20.8 Å². The van der Waals surface area contributed by atoms with Crippen molar-refractivity contribution in [3.05, 3.63) is 0 Å². The van der Waals surface area contributed by atoms with E-state index in [0.717, 1.165) is 0 Å². The van der Waals surface area contributed by atoms with Crippen LogP contribution in [-0.4, -0.2) is 5.54 Å². The Bertz CT molecular complexity index is 57.2. The van der Waals surface area contributed by atoms with E-state index in [1.165, 1.54) is 0 Å². The zero-order valence-corrected chi connectivity index (χ0v) is 4.36. The van der Waals surface area contributed by atoms with E-state index in [-0.39, 0.29) is 5.47 Å². The van der Waals surface area contributed by atoms with Crippen molar-refractivity contribution in [1.82, 2.24) is 5.47 Å². The maximum atomic E-state index is 10.0. The summed E-state index contributed by atoms with van der Waals surface area (Å²) >= 11 is 0. The third-order valence-electron chi connectivity index (χ3n) is 0.274. The summed E-state index contributed by atoms with van der Waals surface area (Å²) in [7, 11) is 0. The van der Waals surface area contributed by atoms with Crippen molar-refractivity contribution < 1.29 is 6.62 Å². The molecule has 0 unspecified atom stereocenters. The van der Waals surface area contributed by atoms with Crippen molar-refractivity contribution in [2.75, 3.05) is 0 Å². The molecule has 2 nitrogen and oxygen atoms in total. The number of hydroxylamine groups is 1. The average molecular weight is 90.1 g/mol. The van der Waals surface area contributed by atoms with Gasteiger partial charge in [-0.2, -0.15) is 5.47 Å². The summed E-state index contributed by atoms with van der Waals surface area (Å²) in [5.41, 5.74) is -0.368. The van der Waals surface area contributed by atoms with Gasteiger partial charge in [0.2, 0.25) is 0 Å². The monoisotopic (exact) mass is 90.1 g/mol. The van der Waals surface area contributed by atoms with E-state index in [4.69, 9.17) is 1.41 Å². The SMILES string of the molecule is [3H]N([O])C(C)(C)C. The molecular formula is C4H10NO. The van der Waals surface area contributed by atoms with Crippen LogP contribution in [0.2, 0.25) is 1.41 Å². The molecule has 0 aromatic carbocycles. The topological polar surface area (TPSA) is 31.9 Å². The van der Waals surface area contributed by atoms with E-state index in [9.17, 15) is 5.21 Å². The molecule has 37 valence electrons. The first-order valence-electron chi connectivity index (χ1n) is 2.35. The molecule has 0 atom stereocenters. The predicted molar refractivity (Wildman–Crippen MR) is 23.6 cm³/mol. The van der Waals surface area contributed by atoms with Crippen LogP contribution in [0.15, 0.2) is 0 Å². The summed E-state index contributed by atoms with van der Waals surface area (Å²) in [5.74, 6) is 0. The summed E-state index contributed by atoms with van der Waals surface area (Å²) in [6.45, 7) is 5.06. The summed E-state index contributed by atoms with van der Waals surface area (Å²) in [4.78, 5) is 0. The molecule has 0 aliphatic carbocycles. The van der Waals surface area contributed by atoms with Crippen LogP contribution in [0.3, 0.4) is 0 Å². The fraction of sp³-hybridized carbons (Fsp3) is 1.00. The van der Waals surface area contributed by atoms with Crippen LogP contribution in [0.5, 0.6) is 0 Å². The second-order valence-electron chi connectivity index (χ2n) is 2.26. The lowest BCUT2D eigenvalue weighted by atomic mass is 10.1. The molecule has 0 amide bonds. The molecule has 2 heteroatoms. The molecular weight excluding hydrogens is 78.0 g/mol. The zero-order chi connectivity index (χ0) is 6.08. The molecule has 6 heavy (non-hydrogen) atoms. The Balaban J connectivity index is 3.54. The lowest BCUT2D eigenvalue weighted by Gasteiger charge is -2.11. The highest BCUT2D eigenvalue weighted by Gasteiger charge is 2.05. The first-order chi connectivity index (χ1) is 2.94. The van der Waals surface area contributed by atoms with E-state index in [0.29, 0.717) is 0 Å². The highest BCUT2D eigenvalue weighted by atomic mass is 16.5. The Morgan fingerprint density at radius 3 is 1.83 bits per heavy atom. The minimum Gasteiger partial charge on any atom is -0.163 e. The Hall–Kier alpha value is -0.0800. The van der Waals surface area contributed by atoms with Gasteiger partial charge in [-0.1, -0.05) is 0 Å². The number of hydrogen-bond donors (Lipinski definition) is 1. The highest BCUT2D eigenvalue weighted by Crippen LogP contribution is 1.94. The molecule has 0 aliphatic heterocycles.